The van der Waals surface area contributed by atoms with Crippen molar-refractivity contribution in [2.24, 2.45) is 0 Å². The van der Waals surface area contributed by atoms with E-state index in [1.165, 1.54) is 18.5 Å². The van der Waals surface area contributed by atoms with E-state index in [2.05, 4.69) is 4.98 Å². The number of rotatable bonds is 3. The first-order valence-electron chi connectivity index (χ1n) is 5.09. The molecule has 0 amide bonds. The maximum Gasteiger partial charge on any atom is 0.279 e. The van der Waals surface area contributed by atoms with E-state index in [9.17, 15) is 10.1 Å². The molecule has 0 N–H and O–H groups in total. The Hall–Kier alpha value is -2.49. The molecule has 4 nitrogen and oxygen atoms in total. The average molecular weight is 226 g/mol. The second kappa shape index (κ2) is 5.03. The van der Waals surface area contributed by atoms with Crippen molar-refractivity contribution in [1.82, 2.24) is 4.98 Å². The first kappa shape index (κ1) is 11.0. The summed E-state index contributed by atoms with van der Waals surface area (Å²) < 4.78 is 0. The quantitative estimate of drug-likeness (QED) is 0.596. The topological polar surface area (TPSA) is 56.0 Å². The van der Waals surface area contributed by atoms with E-state index in [1.54, 1.807) is 6.08 Å². The molecule has 0 aliphatic heterocycles. The smallest absolute Gasteiger partial charge is 0.264 e. The summed E-state index contributed by atoms with van der Waals surface area (Å²) >= 11 is 0. The Morgan fingerprint density at radius 1 is 1.12 bits per heavy atom. The van der Waals surface area contributed by atoms with Gasteiger partial charge in [-0.1, -0.05) is 36.4 Å². The van der Waals surface area contributed by atoms with Crippen LogP contribution in [0.1, 0.15) is 11.1 Å². The molecule has 0 bridgehead atoms. The van der Waals surface area contributed by atoms with Crippen LogP contribution >= 0.6 is 0 Å². The largest absolute Gasteiger partial charge is 0.279 e. The average Bonchev–Trinajstić information content (AvgIpc) is 2.38. The molecule has 0 atom stereocenters. The maximum atomic E-state index is 10.8. The predicted molar refractivity (Wildman–Crippen MR) is 66.3 cm³/mol. The summed E-state index contributed by atoms with van der Waals surface area (Å²) in [4.78, 5) is 14.3. The second-order valence-corrected chi connectivity index (χ2v) is 3.44. The van der Waals surface area contributed by atoms with Gasteiger partial charge in [-0.25, -0.2) is 0 Å². The minimum Gasteiger partial charge on any atom is -0.264 e. The molecule has 1 aromatic heterocycles. The molecule has 0 spiro atoms. The molecule has 1 heterocycles. The molecule has 1 aromatic carbocycles. The van der Waals surface area contributed by atoms with Crippen LogP contribution in [0.3, 0.4) is 0 Å². The van der Waals surface area contributed by atoms with Crippen LogP contribution in [0, 0.1) is 10.1 Å². The number of hydrogen-bond donors (Lipinski definition) is 0. The zero-order valence-electron chi connectivity index (χ0n) is 8.98. The van der Waals surface area contributed by atoms with Crippen LogP contribution < -0.4 is 0 Å². The minimum atomic E-state index is -0.410. The van der Waals surface area contributed by atoms with Gasteiger partial charge in [-0.2, -0.15) is 0 Å². The first-order valence-corrected chi connectivity index (χ1v) is 5.09. The van der Waals surface area contributed by atoms with E-state index in [0.29, 0.717) is 5.56 Å². The Kier molecular flexibility index (Phi) is 3.25. The van der Waals surface area contributed by atoms with Crippen molar-refractivity contribution in [2.45, 2.75) is 0 Å². The number of nitrogens with zero attached hydrogens (tertiary/aromatic N) is 2. The normalized spacial score (nSPS) is 10.6. The van der Waals surface area contributed by atoms with Crippen molar-refractivity contribution >= 4 is 17.8 Å². The molecule has 0 unspecified atom stereocenters. The molecule has 0 aliphatic carbocycles. The highest BCUT2D eigenvalue weighted by Crippen LogP contribution is 2.18. The van der Waals surface area contributed by atoms with Gasteiger partial charge in [-0.05, 0) is 11.6 Å². The zero-order chi connectivity index (χ0) is 12.1. The summed E-state index contributed by atoms with van der Waals surface area (Å²) in [5.74, 6) is 0. The highest BCUT2D eigenvalue weighted by Gasteiger charge is 2.09. The zero-order valence-corrected chi connectivity index (χ0v) is 8.98. The van der Waals surface area contributed by atoms with Gasteiger partial charge < -0.3 is 0 Å². The van der Waals surface area contributed by atoms with Crippen molar-refractivity contribution in [3.63, 3.8) is 0 Å². The summed E-state index contributed by atoms with van der Waals surface area (Å²) in [6, 6.07) is 11.0. The first-order chi connectivity index (χ1) is 8.27. The fourth-order valence-corrected chi connectivity index (χ4v) is 1.44. The van der Waals surface area contributed by atoms with E-state index < -0.39 is 4.92 Å². The van der Waals surface area contributed by atoms with E-state index in [1.807, 2.05) is 36.4 Å². The Morgan fingerprint density at radius 3 is 2.59 bits per heavy atom. The molecule has 84 valence electrons. The van der Waals surface area contributed by atoms with Crippen LogP contribution in [0.15, 0.2) is 48.8 Å². The third-order valence-electron chi connectivity index (χ3n) is 2.28. The lowest BCUT2D eigenvalue weighted by Gasteiger charge is -1.96. The fourth-order valence-electron chi connectivity index (χ4n) is 1.44. The standard InChI is InChI=1S/C13H10N2O2/c16-15(17)13-8-9-14-10-12(13)7-6-11-4-2-1-3-5-11/h1-10H. The van der Waals surface area contributed by atoms with E-state index >= 15 is 0 Å². The van der Waals surface area contributed by atoms with Crippen molar-refractivity contribution in [3.8, 4) is 0 Å². The van der Waals surface area contributed by atoms with Gasteiger partial charge in [0.2, 0.25) is 0 Å². The van der Waals surface area contributed by atoms with Crippen LogP contribution in [-0.2, 0) is 0 Å². The van der Waals surface area contributed by atoms with Gasteiger partial charge in [0.25, 0.3) is 5.69 Å². The van der Waals surface area contributed by atoms with Gasteiger partial charge in [0.05, 0.1) is 10.5 Å². The molecule has 4 heteroatoms. The Bertz CT molecular complexity index is 550. The summed E-state index contributed by atoms with van der Waals surface area (Å²) in [5.41, 5.74) is 1.55. The SMILES string of the molecule is O=[N+]([O-])c1ccncc1C=Cc1ccccc1. The molecular formula is C13H10N2O2. The second-order valence-electron chi connectivity index (χ2n) is 3.44. The Balaban J connectivity index is 2.30. The molecule has 2 aromatic rings. The molecule has 0 radical (unpaired) electrons. The van der Waals surface area contributed by atoms with Crippen molar-refractivity contribution < 1.29 is 4.92 Å². The lowest BCUT2D eigenvalue weighted by molar-refractivity contribution is -0.385. The number of nitro groups is 1. The van der Waals surface area contributed by atoms with E-state index in [0.717, 1.165) is 5.56 Å². The molecule has 17 heavy (non-hydrogen) atoms. The minimum absolute atomic E-state index is 0.0622. The molecule has 0 aliphatic rings. The van der Waals surface area contributed by atoms with Gasteiger partial charge in [-0.15, -0.1) is 0 Å². The maximum absolute atomic E-state index is 10.8. The molecule has 0 fully saturated rings. The third-order valence-corrected chi connectivity index (χ3v) is 2.28. The molecule has 0 saturated carbocycles. The third kappa shape index (κ3) is 2.75. The van der Waals surface area contributed by atoms with Crippen LogP contribution in [0.25, 0.3) is 12.2 Å². The number of benzene rings is 1. The van der Waals surface area contributed by atoms with Gasteiger partial charge in [-0.3, -0.25) is 15.1 Å². The Labute approximate surface area is 98.4 Å². The van der Waals surface area contributed by atoms with Crippen LogP contribution in [0.4, 0.5) is 5.69 Å². The number of hydrogen-bond acceptors (Lipinski definition) is 3. The van der Waals surface area contributed by atoms with Gasteiger partial charge in [0.15, 0.2) is 0 Å². The highest BCUT2D eigenvalue weighted by molar-refractivity contribution is 5.73. The number of aromatic nitrogens is 1. The van der Waals surface area contributed by atoms with Crippen LogP contribution in [0.2, 0.25) is 0 Å². The molecule has 2 rings (SSSR count). The summed E-state index contributed by atoms with van der Waals surface area (Å²) in [6.45, 7) is 0. The molecular weight excluding hydrogens is 216 g/mol. The Morgan fingerprint density at radius 2 is 1.88 bits per heavy atom. The van der Waals surface area contributed by atoms with Crippen molar-refractivity contribution in [2.75, 3.05) is 0 Å². The van der Waals surface area contributed by atoms with E-state index in [4.69, 9.17) is 0 Å². The van der Waals surface area contributed by atoms with Gasteiger partial charge in [0.1, 0.15) is 0 Å². The summed E-state index contributed by atoms with van der Waals surface area (Å²) in [5, 5.41) is 10.8. The van der Waals surface area contributed by atoms with Crippen molar-refractivity contribution in [3.05, 3.63) is 70.0 Å². The lowest BCUT2D eigenvalue weighted by Crippen LogP contribution is -1.91. The molecule has 0 saturated heterocycles. The van der Waals surface area contributed by atoms with Crippen LogP contribution in [0.5, 0.6) is 0 Å². The van der Waals surface area contributed by atoms with Crippen LogP contribution in [-0.4, -0.2) is 9.91 Å². The fraction of sp³-hybridized carbons (Fsp3) is 0. The number of pyridine rings is 1. The monoisotopic (exact) mass is 226 g/mol. The highest BCUT2D eigenvalue weighted by atomic mass is 16.6. The summed E-state index contributed by atoms with van der Waals surface area (Å²) in [6.07, 6.45) is 6.42. The predicted octanol–water partition coefficient (Wildman–Crippen LogP) is 3.16. The summed E-state index contributed by atoms with van der Waals surface area (Å²) in [7, 11) is 0. The lowest BCUT2D eigenvalue weighted by atomic mass is 10.1. The van der Waals surface area contributed by atoms with Crippen molar-refractivity contribution in [1.29, 1.82) is 0 Å². The van der Waals surface area contributed by atoms with Gasteiger partial charge in [0, 0.05) is 18.5 Å². The van der Waals surface area contributed by atoms with E-state index in [-0.39, 0.29) is 5.69 Å². The van der Waals surface area contributed by atoms with Gasteiger partial charge >= 0.3 is 0 Å².